The van der Waals surface area contributed by atoms with Crippen LogP contribution in [0.25, 0.3) is 0 Å². The first kappa shape index (κ1) is 13.0. The van der Waals surface area contributed by atoms with Gasteiger partial charge in [0.2, 0.25) is 0 Å². The van der Waals surface area contributed by atoms with Crippen LogP contribution in [-0.4, -0.2) is 18.6 Å². The molecule has 1 rings (SSSR count). The molecule has 1 aromatic carbocycles. The Kier molecular flexibility index (Phi) is 4.10. The van der Waals surface area contributed by atoms with Gasteiger partial charge in [0.25, 0.3) is 0 Å². The molecular formula is C11H7F4NO. The van der Waals surface area contributed by atoms with Crippen LogP contribution in [-0.2, 0) is 4.79 Å². The molecule has 0 aliphatic carbocycles. The number of amides is 1. The maximum absolute atomic E-state index is 13.0. The number of benzene rings is 1. The lowest BCUT2D eigenvalue weighted by atomic mass is 10.2. The number of halogens is 4. The second-order valence-corrected chi connectivity index (χ2v) is 2.96. The van der Waals surface area contributed by atoms with Crippen molar-refractivity contribution in [1.29, 1.82) is 0 Å². The monoisotopic (exact) mass is 245 g/mol. The summed E-state index contributed by atoms with van der Waals surface area (Å²) in [5.74, 6) is 1.90. The molecule has 17 heavy (non-hydrogen) atoms. The van der Waals surface area contributed by atoms with Crippen molar-refractivity contribution < 1.29 is 22.4 Å². The zero-order valence-corrected chi connectivity index (χ0v) is 8.44. The lowest BCUT2D eigenvalue weighted by molar-refractivity contribution is -0.173. The van der Waals surface area contributed by atoms with Crippen molar-refractivity contribution in [2.45, 2.75) is 6.18 Å². The van der Waals surface area contributed by atoms with Gasteiger partial charge in [0.1, 0.15) is 5.82 Å². The van der Waals surface area contributed by atoms with Crippen LogP contribution in [0, 0.1) is 17.7 Å². The van der Waals surface area contributed by atoms with Crippen LogP contribution in [0.15, 0.2) is 24.3 Å². The van der Waals surface area contributed by atoms with Crippen molar-refractivity contribution in [3.63, 3.8) is 0 Å². The Hall–Kier alpha value is -2.03. The van der Waals surface area contributed by atoms with Crippen molar-refractivity contribution in [3.05, 3.63) is 35.6 Å². The van der Waals surface area contributed by atoms with Gasteiger partial charge in [0.15, 0.2) is 0 Å². The van der Waals surface area contributed by atoms with E-state index in [1.165, 1.54) is 18.2 Å². The molecule has 0 saturated heterocycles. The van der Waals surface area contributed by atoms with E-state index in [2.05, 4.69) is 11.8 Å². The van der Waals surface area contributed by atoms with E-state index >= 15 is 0 Å². The minimum absolute atomic E-state index is 0.0637. The van der Waals surface area contributed by atoms with E-state index in [-0.39, 0.29) is 5.56 Å². The zero-order valence-electron chi connectivity index (χ0n) is 8.44. The Morgan fingerprint density at radius 3 is 2.53 bits per heavy atom. The van der Waals surface area contributed by atoms with Gasteiger partial charge in [0, 0.05) is 0 Å². The van der Waals surface area contributed by atoms with Gasteiger partial charge in [-0.15, -0.1) is 0 Å². The van der Waals surface area contributed by atoms with Crippen molar-refractivity contribution in [2.24, 2.45) is 0 Å². The molecule has 1 amide bonds. The fourth-order valence-corrected chi connectivity index (χ4v) is 0.927. The Balaban J connectivity index is 2.54. The van der Waals surface area contributed by atoms with Crippen LogP contribution in [0.4, 0.5) is 17.6 Å². The SMILES string of the molecule is O=C(NCC#Cc1ccccc1F)C(F)(F)F. The highest BCUT2D eigenvalue weighted by Gasteiger charge is 2.38. The van der Waals surface area contributed by atoms with Gasteiger partial charge < -0.3 is 5.32 Å². The number of alkyl halides is 3. The predicted octanol–water partition coefficient (Wildman–Crippen LogP) is 1.86. The molecule has 2 nitrogen and oxygen atoms in total. The highest BCUT2D eigenvalue weighted by molar-refractivity contribution is 5.81. The third-order valence-corrected chi connectivity index (χ3v) is 1.69. The Labute approximate surface area is 94.6 Å². The summed E-state index contributed by atoms with van der Waals surface area (Å²) in [6, 6.07) is 5.57. The molecule has 6 heteroatoms. The van der Waals surface area contributed by atoms with Crippen molar-refractivity contribution in [2.75, 3.05) is 6.54 Å². The second kappa shape index (κ2) is 5.34. The first-order chi connectivity index (χ1) is 7.91. The number of nitrogens with one attached hydrogen (secondary N) is 1. The molecule has 0 atom stereocenters. The van der Waals surface area contributed by atoms with Gasteiger partial charge in [-0.1, -0.05) is 24.0 Å². The number of carbonyl (C=O) groups excluding carboxylic acids is 1. The molecule has 0 fully saturated rings. The topological polar surface area (TPSA) is 29.1 Å². The first-order valence-electron chi connectivity index (χ1n) is 4.49. The number of rotatable bonds is 1. The molecule has 0 aromatic heterocycles. The smallest absolute Gasteiger partial charge is 0.337 e. The van der Waals surface area contributed by atoms with E-state index in [9.17, 15) is 22.4 Å². The maximum atomic E-state index is 13.0. The maximum Gasteiger partial charge on any atom is 0.471 e. The summed E-state index contributed by atoms with van der Waals surface area (Å²) in [5.41, 5.74) is 0.0637. The molecule has 0 aliphatic rings. The van der Waals surface area contributed by atoms with Gasteiger partial charge in [-0.25, -0.2) is 4.39 Å². The van der Waals surface area contributed by atoms with Gasteiger partial charge in [-0.05, 0) is 12.1 Å². The molecule has 1 aromatic rings. The quantitative estimate of drug-likeness (QED) is 0.593. The number of hydrogen-bond acceptors (Lipinski definition) is 1. The second-order valence-electron chi connectivity index (χ2n) is 2.96. The van der Waals surface area contributed by atoms with Crippen LogP contribution in [0.5, 0.6) is 0 Å². The largest absolute Gasteiger partial charge is 0.471 e. The van der Waals surface area contributed by atoms with Gasteiger partial charge in [-0.3, -0.25) is 4.79 Å². The summed E-state index contributed by atoms with van der Waals surface area (Å²) in [6.45, 7) is -0.493. The molecule has 0 saturated carbocycles. The van der Waals surface area contributed by atoms with Crippen LogP contribution in [0.2, 0.25) is 0 Å². The summed E-state index contributed by atoms with van der Waals surface area (Å²) in [7, 11) is 0. The van der Waals surface area contributed by atoms with Crippen molar-refractivity contribution in [3.8, 4) is 11.8 Å². The van der Waals surface area contributed by atoms with Crippen LogP contribution >= 0.6 is 0 Å². The molecule has 0 unspecified atom stereocenters. The van der Waals surface area contributed by atoms with Gasteiger partial charge in [-0.2, -0.15) is 13.2 Å². The van der Waals surface area contributed by atoms with Crippen LogP contribution in [0.3, 0.4) is 0 Å². The zero-order chi connectivity index (χ0) is 12.9. The van der Waals surface area contributed by atoms with Gasteiger partial charge >= 0.3 is 12.1 Å². The Bertz CT molecular complexity index is 470. The summed E-state index contributed by atoms with van der Waals surface area (Å²) in [5, 5.41) is 1.55. The van der Waals surface area contributed by atoms with E-state index in [0.29, 0.717) is 0 Å². The van der Waals surface area contributed by atoms with E-state index in [4.69, 9.17) is 0 Å². The fraction of sp³-hybridized carbons (Fsp3) is 0.182. The van der Waals surface area contributed by atoms with E-state index < -0.39 is 24.4 Å². The van der Waals surface area contributed by atoms with E-state index in [1.54, 1.807) is 11.4 Å². The molecule has 0 bridgehead atoms. The molecule has 0 heterocycles. The van der Waals surface area contributed by atoms with Gasteiger partial charge in [0.05, 0.1) is 12.1 Å². The minimum atomic E-state index is -4.93. The van der Waals surface area contributed by atoms with Crippen molar-refractivity contribution in [1.82, 2.24) is 5.32 Å². The average Bonchev–Trinajstić information content (AvgIpc) is 2.25. The van der Waals surface area contributed by atoms with E-state index in [0.717, 1.165) is 0 Å². The predicted molar refractivity (Wildman–Crippen MR) is 52.3 cm³/mol. The minimum Gasteiger partial charge on any atom is -0.337 e. The highest BCUT2D eigenvalue weighted by Crippen LogP contribution is 2.13. The Morgan fingerprint density at radius 1 is 1.29 bits per heavy atom. The molecule has 1 N–H and O–H groups in total. The molecular weight excluding hydrogens is 238 g/mol. The summed E-state index contributed by atoms with van der Waals surface area (Å²) < 4.78 is 48.2. The number of carbonyl (C=O) groups is 1. The molecule has 0 aliphatic heterocycles. The summed E-state index contributed by atoms with van der Waals surface area (Å²) in [6.07, 6.45) is -4.93. The third kappa shape index (κ3) is 4.15. The Morgan fingerprint density at radius 2 is 1.94 bits per heavy atom. The first-order valence-corrected chi connectivity index (χ1v) is 4.49. The van der Waals surface area contributed by atoms with Crippen LogP contribution in [0.1, 0.15) is 5.56 Å². The summed E-state index contributed by atoms with van der Waals surface area (Å²) in [4.78, 5) is 10.4. The lowest BCUT2D eigenvalue weighted by Crippen LogP contribution is -2.36. The normalized spacial score (nSPS) is 10.4. The van der Waals surface area contributed by atoms with Crippen LogP contribution < -0.4 is 5.32 Å². The molecule has 0 radical (unpaired) electrons. The average molecular weight is 245 g/mol. The summed E-state index contributed by atoms with van der Waals surface area (Å²) >= 11 is 0. The van der Waals surface area contributed by atoms with E-state index in [1.807, 2.05) is 0 Å². The number of hydrogen-bond donors (Lipinski definition) is 1. The molecule has 0 spiro atoms. The van der Waals surface area contributed by atoms with Crippen molar-refractivity contribution >= 4 is 5.91 Å². The highest BCUT2D eigenvalue weighted by atomic mass is 19.4. The third-order valence-electron chi connectivity index (χ3n) is 1.69. The standard InChI is InChI=1S/C11H7F4NO/c12-9-6-2-1-4-8(9)5-3-7-16-10(17)11(13,14)15/h1-2,4,6H,7H2,(H,16,17). The molecule has 90 valence electrons. The lowest BCUT2D eigenvalue weighted by Gasteiger charge is -2.03. The fourth-order valence-electron chi connectivity index (χ4n) is 0.927.